The first-order valence-corrected chi connectivity index (χ1v) is 12.7. The molecule has 2 aromatic rings. The molecule has 7 nitrogen and oxygen atoms in total. The van der Waals surface area contributed by atoms with Crippen molar-refractivity contribution in [3.8, 4) is 11.5 Å². The smallest absolute Gasteiger partial charge is 0.295 e. The molecule has 0 spiro atoms. The molecule has 1 saturated heterocycles. The second-order valence-corrected chi connectivity index (χ2v) is 9.58. The van der Waals surface area contributed by atoms with Crippen LogP contribution in [0.4, 0.5) is 0 Å². The van der Waals surface area contributed by atoms with Crippen LogP contribution < -0.4 is 9.47 Å². The topological polar surface area (TPSA) is 79.3 Å². The van der Waals surface area contributed by atoms with E-state index < -0.39 is 17.7 Å². The van der Waals surface area contributed by atoms with Gasteiger partial charge < -0.3 is 24.4 Å². The lowest BCUT2D eigenvalue weighted by Crippen LogP contribution is -2.35. The van der Waals surface area contributed by atoms with E-state index >= 15 is 0 Å². The van der Waals surface area contributed by atoms with Crippen LogP contribution in [-0.2, 0) is 9.59 Å². The van der Waals surface area contributed by atoms with Gasteiger partial charge in [-0.25, -0.2) is 0 Å². The summed E-state index contributed by atoms with van der Waals surface area (Å²) in [6, 6.07) is 13.6. The molecule has 1 heterocycles. The Kier molecular flexibility index (Phi) is 9.53. The zero-order valence-electron chi connectivity index (χ0n) is 22.0. The van der Waals surface area contributed by atoms with Crippen LogP contribution in [0, 0.1) is 0 Å². The number of para-hydroxylation sites is 1. The van der Waals surface area contributed by atoms with E-state index in [1.807, 2.05) is 57.1 Å². The van der Waals surface area contributed by atoms with Gasteiger partial charge in [0, 0.05) is 24.2 Å². The number of carbonyl (C=O) groups excluding carboxylic acids is 2. The maximum Gasteiger partial charge on any atom is 0.295 e. The molecular weight excluding hydrogens is 456 g/mol. The number of ketones is 1. The quantitative estimate of drug-likeness (QED) is 0.193. The van der Waals surface area contributed by atoms with Gasteiger partial charge in [0.1, 0.15) is 17.3 Å². The number of hydrogen-bond donors (Lipinski definition) is 1. The zero-order chi connectivity index (χ0) is 26.2. The van der Waals surface area contributed by atoms with E-state index in [1.165, 1.54) is 4.90 Å². The van der Waals surface area contributed by atoms with Crippen molar-refractivity contribution in [3.05, 3.63) is 65.2 Å². The summed E-state index contributed by atoms with van der Waals surface area (Å²) in [5.41, 5.74) is 1.19. The summed E-state index contributed by atoms with van der Waals surface area (Å²) in [4.78, 5) is 29.9. The largest absolute Gasteiger partial charge is 0.507 e. The molecule has 1 amide bonds. The van der Waals surface area contributed by atoms with Gasteiger partial charge >= 0.3 is 0 Å². The Hall–Kier alpha value is -3.32. The second kappa shape index (κ2) is 12.6. The molecule has 1 unspecified atom stereocenters. The van der Waals surface area contributed by atoms with Crippen molar-refractivity contribution in [2.24, 2.45) is 0 Å². The number of aliphatic hydroxyl groups excluding tert-OH is 1. The van der Waals surface area contributed by atoms with Crippen molar-refractivity contribution in [2.45, 2.75) is 52.2 Å². The number of aliphatic hydroxyl groups is 1. The molecular formula is C29H38N2O5. The summed E-state index contributed by atoms with van der Waals surface area (Å²) in [6.45, 7) is 7.52. The van der Waals surface area contributed by atoms with Crippen LogP contribution in [0.15, 0.2) is 54.1 Å². The summed E-state index contributed by atoms with van der Waals surface area (Å²) in [7, 11) is 3.82. The highest BCUT2D eigenvalue weighted by Crippen LogP contribution is 2.42. The van der Waals surface area contributed by atoms with Crippen LogP contribution in [0.25, 0.3) is 5.76 Å². The fourth-order valence-corrected chi connectivity index (χ4v) is 4.22. The van der Waals surface area contributed by atoms with Gasteiger partial charge in [-0.05, 0) is 64.7 Å². The third-order valence-corrected chi connectivity index (χ3v) is 6.05. The molecule has 7 heteroatoms. The third-order valence-electron chi connectivity index (χ3n) is 6.05. The predicted molar refractivity (Wildman–Crippen MR) is 141 cm³/mol. The van der Waals surface area contributed by atoms with E-state index in [9.17, 15) is 14.7 Å². The first-order chi connectivity index (χ1) is 17.2. The molecule has 2 aromatic carbocycles. The van der Waals surface area contributed by atoms with Crippen molar-refractivity contribution in [3.63, 3.8) is 0 Å². The number of rotatable bonds is 12. The van der Waals surface area contributed by atoms with Gasteiger partial charge in [-0.3, -0.25) is 9.59 Å². The first-order valence-electron chi connectivity index (χ1n) is 12.7. The Morgan fingerprint density at radius 1 is 1.06 bits per heavy atom. The van der Waals surface area contributed by atoms with E-state index in [4.69, 9.17) is 9.47 Å². The van der Waals surface area contributed by atoms with Crippen LogP contribution in [0.1, 0.15) is 57.2 Å². The highest BCUT2D eigenvalue weighted by Gasteiger charge is 2.46. The first kappa shape index (κ1) is 27.3. The number of ether oxygens (including phenoxy) is 2. The van der Waals surface area contributed by atoms with E-state index in [0.29, 0.717) is 42.3 Å². The highest BCUT2D eigenvalue weighted by atomic mass is 16.5. The Morgan fingerprint density at radius 2 is 1.75 bits per heavy atom. The molecule has 0 aliphatic carbocycles. The number of carbonyl (C=O) groups is 2. The van der Waals surface area contributed by atoms with Gasteiger partial charge in [0.05, 0.1) is 24.3 Å². The number of unbranched alkanes of at least 4 members (excludes halogenated alkanes) is 2. The maximum absolute atomic E-state index is 13.3. The van der Waals surface area contributed by atoms with Crippen molar-refractivity contribution in [1.82, 2.24) is 9.80 Å². The summed E-state index contributed by atoms with van der Waals surface area (Å²) in [6.07, 6.45) is 3.11. The lowest BCUT2D eigenvalue weighted by Gasteiger charge is -2.28. The SMILES string of the molecule is CCCCCOc1ccc(/C(O)=C2/C(=O)C(=O)N(CCN(C)C)C2c2ccccc2OC(C)C)cc1. The van der Waals surface area contributed by atoms with Gasteiger partial charge in [0.25, 0.3) is 11.7 Å². The van der Waals surface area contributed by atoms with Crippen molar-refractivity contribution in [1.29, 1.82) is 0 Å². The summed E-state index contributed by atoms with van der Waals surface area (Å²) in [5.74, 6) is -0.256. The van der Waals surface area contributed by atoms with Crippen LogP contribution in [0.3, 0.4) is 0 Å². The average molecular weight is 495 g/mol. The van der Waals surface area contributed by atoms with Crippen LogP contribution in [0.2, 0.25) is 0 Å². The van der Waals surface area contributed by atoms with Crippen LogP contribution in [-0.4, -0.2) is 66.5 Å². The maximum atomic E-state index is 13.3. The number of nitrogens with zero attached hydrogens (tertiary/aromatic N) is 2. The summed E-state index contributed by atoms with van der Waals surface area (Å²) >= 11 is 0. The van der Waals surface area contributed by atoms with Crippen molar-refractivity contribution < 1.29 is 24.2 Å². The molecule has 1 atom stereocenters. The molecule has 36 heavy (non-hydrogen) atoms. The summed E-state index contributed by atoms with van der Waals surface area (Å²) in [5, 5.41) is 11.3. The molecule has 0 aromatic heterocycles. The van der Waals surface area contributed by atoms with E-state index in [1.54, 1.807) is 24.3 Å². The molecule has 0 saturated carbocycles. The lowest BCUT2D eigenvalue weighted by molar-refractivity contribution is -0.140. The lowest BCUT2D eigenvalue weighted by atomic mass is 9.94. The Bertz CT molecular complexity index is 1080. The van der Waals surface area contributed by atoms with Gasteiger partial charge in [-0.15, -0.1) is 0 Å². The molecule has 0 radical (unpaired) electrons. The third kappa shape index (κ3) is 6.46. The van der Waals surface area contributed by atoms with Gasteiger partial charge in [-0.1, -0.05) is 38.0 Å². The Labute approximate surface area is 214 Å². The Balaban J connectivity index is 2.03. The number of Topliss-reactive ketones (excluding diaryl/α,β-unsaturated/α-hetero) is 1. The van der Waals surface area contributed by atoms with E-state index in [0.717, 1.165) is 19.3 Å². The standard InChI is InChI=1S/C29H38N2O5/c1-6-7-10-19-35-22-15-13-21(14-16-22)27(32)25-26(23-11-8-9-12-24(23)36-20(2)3)31(18-17-30(4)5)29(34)28(25)33/h8-9,11-16,20,26,32H,6-7,10,17-19H2,1-5H3/b27-25-. The fraction of sp³-hybridized carbons (Fsp3) is 0.448. The molecule has 1 aliphatic heterocycles. The summed E-state index contributed by atoms with van der Waals surface area (Å²) < 4.78 is 11.8. The van der Waals surface area contributed by atoms with E-state index in [-0.39, 0.29) is 17.4 Å². The fourth-order valence-electron chi connectivity index (χ4n) is 4.22. The monoisotopic (exact) mass is 494 g/mol. The van der Waals surface area contributed by atoms with Crippen molar-refractivity contribution in [2.75, 3.05) is 33.8 Å². The van der Waals surface area contributed by atoms with Gasteiger partial charge in [0.15, 0.2) is 0 Å². The molecule has 3 rings (SSSR count). The Morgan fingerprint density at radius 3 is 2.39 bits per heavy atom. The minimum atomic E-state index is -0.759. The van der Waals surface area contributed by atoms with E-state index in [2.05, 4.69) is 6.92 Å². The number of benzene rings is 2. The number of likely N-dealkylation sites (N-methyl/N-ethyl adjacent to an activating group) is 1. The molecule has 1 aliphatic rings. The number of hydrogen-bond acceptors (Lipinski definition) is 6. The number of amides is 1. The molecule has 0 bridgehead atoms. The van der Waals surface area contributed by atoms with Gasteiger partial charge in [-0.2, -0.15) is 0 Å². The average Bonchev–Trinajstić information content (AvgIpc) is 3.10. The van der Waals surface area contributed by atoms with Crippen molar-refractivity contribution >= 4 is 17.4 Å². The molecule has 1 fully saturated rings. The second-order valence-electron chi connectivity index (χ2n) is 9.58. The number of likely N-dealkylation sites (tertiary alicyclic amines) is 1. The van der Waals surface area contributed by atoms with Crippen LogP contribution in [0.5, 0.6) is 11.5 Å². The molecule has 1 N–H and O–H groups in total. The van der Waals surface area contributed by atoms with Crippen LogP contribution >= 0.6 is 0 Å². The minimum Gasteiger partial charge on any atom is -0.507 e. The highest BCUT2D eigenvalue weighted by molar-refractivity contribution is 6.46. The van der Waals surface area contributed by atoms with Gasteiger partial charge in [0.2, 0.25) is 0 Å². The molecule has 194 valence electrons. The minimum absolute atomic E-state index is 0.0650. The predicted octanol–water partition coefficient (Wildman–Crippen LogP) is 5.03. The zero-order valence-corrected chi connectivity index (χ0v) is 22.0. The normalized spacial score (nSPS) is 17.3.